The van der Waals surface area contributed by atoms with Crippen LogP contribution in [0.5, 0.6) is 0 Å². The van der Waals surface area contributed by atoms with Crippen molar-refractivity contribution < 1.29 is 9.63 Å². The van der Waals surface area contributed by atoms with Crippen molar-refractivity contribution in [1.82, 2.24) is 5.06 Å². The van der Waals surface area contributed by atoms with Gasteiger partial charge in [0.1, 0.15) is 0 Å². The maximum absolute atomic E-state index is 12.1. The Morgan fingerprint density at radius 2 is 1.94 bits per heavy atom. The molecule has 3 nitrogen and oxygen atoms in total. The summed E-state index contributed by atoms with van der Waals surface area (Å²) in [6.07, 6.45) is 2.38. The molecule has 0 bridgehead atoms. The zero-order chi connectivity index (χ0) is 13.4. The van der Waals surface area contributed by atoms with Gasteiger partial charge in [-0.25, -0.2) is 0 Å². The normalized spacial score (nSPS) is 32.1. The topological polar surface area (TPSA) is 29.5 Å². The van der Waals surface area contributed by atoms with Crippen molar-refractivity contribution in [3.63, 3.8) is 0 Å². The van der Waals surface area contributed by atoms with E-state index in [2.05, 4.69) is 41.2 Å². The second-order valence-corrected chi connectivity index (χ2v) is 6.21. The van der Waals surface area contributed by atoms with Gasteiger partial charge in [0, 0.05) is 11.5 Å². The van der Waals surface area contributed by atoms with E-state index in [0.717, 1.165) is 6.42 Å². The molecule has 1 aliphatic heterocycles. The van der Waals surface area contributed by atoms with Gasteiger partial charge in [0.2, 0.25) is 0 Å². The van der Waals surface area contributed by atoms with E-state index < -0.39 is 0 Å². The summed E-state index contributed by atoms with van der Waals surface area (Å²) in [7, 11) is 1.68. The molecule has 0 radical (unpaired) electrons. The number of hydrogen-bond donors (Lipinski definition) is 0. The van der Waals surface area contributed by atoms with E-state index in [0.29, 0.717) is 5.92 Å². The highest BCUT2D eigenvalue weighted by Crippen LogP contribution is 2.45. The van der Waals surface area contributed by atoms with Crippen molar-refractivity contribution in [1.29, 1.82) is 0 Å². The van der Waals surface area contributed by atoms with Crippen molar-refractivity contribution >= 4 is 5.78 Å². The van der Waals surface area contributed by atoms with E-state index in [-0.39, 0.29) is 22.8 Å². The summed E-state index contributed by atoms with van der Waals surface area (Å²) >= 11 is 0. The number of rotatable bonds is 3. The summed E-state index contributed by atoms with van der Waals surface area (Å²) in [4.78, 5) is 17.6. The number of allylic oxidation sites excluding steroid dienone is 1. The number of carbonyl (C=O) groups excluding carboxylic acids is 1. The quantitative estimate of drug-likeness (QED) is 0.709. The predicted molar refractivity (Wildman–Crippen MR) is 69.5 cm³/mol. The predicted octanol–water partition coefficient (Wildman–Crippen LogP) is 2.82. The van der Waals surface area contributed by atoms with Gasteiger partial charge in [-0.1, -0.05) is 13.5 Å². The minimum atomic E-state index is -0.318. The molecule has 0 aromatic heterocycles. The van der Waals surface area contributed by atoms with Crippen LogP contribution in [0.25, 0.3) is 0 Å². The van der Waals surface area contributed by atoms with Gasteiger partial charge in [0.25, 0.3) is 0 Å². The summed E-state index contributed by atoms with van der Waals surface area (Å²) < 4.78 is 0. The molecular formula is C14H25NO2. The number of piperidine rings is 1. The zero-order valence-corrected chi connectivity index (χ0v) is 11.9. The SMILES string of the molecule is C=CC(=O)C1C(C)CC(C)(C)N(OC)C1(C)C. The van der Waals surface area contributed by atoms with E-state index in [1.165, 1.54) is 6.08 Å². The van der Waals surface area contributed by atoms with E-state index in [1.807, 2.05) is 5.06 Å². The lowest BCUT2D eigenvalue weighted by Crippen LogP contribution is -2.65. The lowest BCUT2D eigenvalue weighted by molar-refractivity contribution is -0.283. The third-order valence-electron chi connectivity index (χ3n) is 3.92. The third-order valence-corrected chi connectivity index (χ3v) is 3.92. The Morgan fingerprint density at radius 3 is 2.35 bits per heavy atom. The van der Waals surface area contributed by atoms with Crippen LogP contribution >= 0.6 is 0 Å². The molecule has 0 aliphatic carbocycles. The standard InChI is InChI=1S/C14H25NO2/c1-8-11(16)12-10(2)9-13(3,4)15(17-7)14(12,5)6/h8,10,12H,1,9H2,2-7H3. The molecule has 3 heteroatoms. The Bertz CT molecular complexity index is 320. The average molecular weight is 239 g/mol. The van der Waals surface area contributed by atoms with Gasteiger partial charge < -0.3 is 4.84 Å². The Kier molecular flexibility index (Phi) is 3.84. The van der Waals surface area contributed by atoms with Crippen LogP contribution in [-0.4, -0.2) is 29.0 Å². The minimum Gasteiger partial charge on any atom is -0.301 e. The Labute approximate surface area is 105 Å². The molecule has 1 aliphatic rings. The van der Waals surface area contributed by atoms with Crippen molar-refractivity contribution in [3.05, 3.63) is 12.7 Å². The monoisotopic (exact) mass is 239 g/mol. The van der Waals surface area contributed by atoms with E-state index in [9.17, 15) is 4.79 Å². The van der Waals surface area contributed by atoms with Crippen molar-refractivity contribution in [2.45, 2.75) is 52.1 Å². The van der Waals surface area contributed by atoms with Gasteiger partial charge >= 0.3 is 0 Å². The largest absolute Gasteiger partial charge is 0.301 e. The highest BCUT2D eigenvalue weighted by atomic mass is 16.7. The van der Waals surface area contributed by atoms with Gasteiger partial charge in [-0.2, -0.15) is 5.06 Å². The summed E-state index contributed by atoms with van der Waals surface area (Å²) in [5, 5.41) is 1.96. The maximum Gasteiger partial charge on any atom is 0.160 e. The first-order chi connectivity index (χ1) is 7.68. The number of hydroxylamine groups is 2. The summed E-state index contributed by atoms with van der Waals surface area (Å²) in [5.41, 5.74) is -0.378. The Morgan fingerprint density at radius 1 is 1.41 bits per heavy atom. The summed E-state index contributed by atoms with van der Waals surface area (Å²) in [6, 6.07) is 0. The van der Waals surface area contributed by atoms with Crippen molar-refractivity contribution in [2.24, 2.45) is 11.8 Å². The van der Waals surface area contributed by atoms with E-state index >= 15 is 0 Å². The molecule has 1 fully saturated rings. The molecule has 0 N–H and O–H groups in total. The van der Waals surface area contributed by atoms with Crippen LogP contribution in [0.1, 0.15) is 41.0 Å². The molecule has 1 saturated heterocycles. The second kappa shape index (κ2) is 4.54. The van der Waals surface area contributed by atoms with Crippen molar-refractivity contribution in [2.75, 3.05) is 7.11 Å². The van der Waals surface area contributed by atoms with Crippen molar-refractivity contribution in [3.8, 4) is 0 Å². The van der Waals surface area contributed by atoms with Gasteiger partial charge in [0.05, 0.1) is 12.6 Å². The first-order valence-corrected chi connectivity index (χ1v) is 6.19. The molecule has 0 saturated carbocycles. The summed E-state index contributed by atoms with van der Waals surface area (Å²) in [5.74, 6) is 0.380. The first-order valence-electron chi connectivity index (χ1n) is 6.19. The van der Waals surface area contributed by atoms with Gasteiger partial charge in [-0.05, 0) is 46.1 Å². The molecule has 0 aromatic carbocycles. The van der Waals surface area contributed by atoms with Crippen LogP contribution in [0.4, 0.5) is 0 Å². The van der Waals surface area contributed by atoms with Gasteiger partial charge in [-0.15, -0.1) is 0 Å². The van der Waals surface area contributed by atoms with Crippen LogP contribution in [0, 0.1) is 11.8 Å². The molecule has 98 valence electrons. The molecular weight excluding hydrogens is 214 g/mol. The zero-order valence-electron chi connectivity index (χ0n) is 11.9. The summed E-state index contributed by atoms with van der Waals surface area (Å²) in [6.45, 7) is 14.2. The fourth-order valence-corrected chi connectivity index (χ4v) is 3.83. The van der Waals surface area contributed by atoms with E-state index in [4.69, 9.17) is 4.84 Å². The van der Waals surface area contributed by atoms with E-state index in [1.54, 1.807) is 7.11 Å². The van der Waals surface area contributed by atoms with Crippen LogP contribution in [0.2, 0.25) is 0 Å². The average Bonchev–Trinajstić information content (AvgIpc) is 2.14. The van der Waals surface area contributed by atoms with Gasteiger partial charge in [-0.3, -0.25) is 4.79 Å². The van der Waals surface area contributed by atoms with Crippen LogP contribution in [0.3, 0.4) is 0 Å². The lowest BCUT2D eigenvalue weighted by Gasteiger charge is -2.56. The lowest BCUT2D eigenvalue weighted by atomic mass is 9.66. The molecule has 1 heterocycles. The molecule has 0 spiro atoms. The Balaban J connectivity index is 3.18. The number of carbonyl (C=O) groups is 1. The molecule has 2 unspecified atom stereocenters. The first kappa shape index (κ1) is 14.4. The Hall–Kier alpha value is -0.670. The fourth-order valence-electron chi connectivity index (χ4n) is 3.83. The molecule has 17 heavy (non-hydrogen) atoms. The smallest absolute Gasteiger partial charge is 0.160 e. The molecule has 2 atom stereocenters. The molecule has 1 rings (SSSR count). The number of nitrogens with zero attached hydrogens (tertiary/aromatic N) is 1. The van der Waals surface area contributed by atoms with Crippen LogP contribution in [0.15, 0.2) is 12.7 Å². The van der Waals surface area contributed by atoms with Gasteiger partial charge in [0.15, 0.2) is 5.78 Å². The van der Waals surface area contributed by atoms with Crippen LogP contribution in [-0.2, 0) is 9.63 Å². The number of hydrogen-bond acceptors (Lipinski definition) is 3. The third kappa shape index (κ3) is 2.31. The second-order valence-electron chi connectivity index (χ2n) is 6.21. The molecule has 0 aromatic rings. The molecule has 0 amide bonds. The van der Waals surface area contributed by atoms with Crippen LogP contribution < -0.4 is 0 Å². The fraction of sp³-hybridized carbons (Fsp3) is 0.786. The minimum absolute atomic E-state index is 0.0599. The highest BCUT2D eigenvalue weighted by molar-refractivity contribution is 5.92. The maximum atomic E-state index is 12.1. The highest BCUT2D eigenvalue weighted by Gasteiger charge is 2.53. The number of ketones is 1.